The molecule has 2 N–H and O–H groups in total. The van der Waals surface area contributed by atoms with Gasteiger partial charge in [-0.15, -0.1) is 0 Å². The minimum atomic E-state index is 0.320. The Hall–Kier alpha value is -1.80. The SMILES string of the molecule is COc1ccc([C@@H]2CCc3ccccc3[C]2N)cc1. The summed E-state index contributed by atoms with van der Waals surface area (Å²) in [6.45, 7) is 0. The highest BCUT2D eigenvalue weighted by atomic mass is 16.5. The second kappa shape index (κ2) is 5.06. The molecule has 97 valence electrons. The highest BCUT2D eigenvalue weighted by Gasteiger charge is 2.28. The standard InChI is InChI=1S/C17H18NO/c1-19-14-9-6-13(7-10-14)16-11-8-12-4-2-3-5-15(12)17(16)18/h2-7,9-10,16H,8,11,18H2,1H3/t16-/m0/s1. The lowest BCUT2D eigenvalue weighted by Gasteiger charge is -2.30. The number of nitrogens with two attached hydrogens (primary N) is 1. The summed E-state index contributed by atoms with van der Waals surface area (Å²) < 4.78 is 5.20. The van der Waals surface area contributed by atoms with E-state index in [-0.39, 0.29) is 0 Å². The number of fused-ring (bicyclic) bond motifs is 1. The third-order valence-electron chi connectivity index (χ3n) is 3.92. The minimum Gasteiger partial charge on any atom is -0.497 e. The topological polar surface area (TPSA) is 35.2 Å². The molecule has 2 heteroatoms. The number of hydrogen-bond acceptors (Lipinski definition) is 2. The van der Waals surface area contributed by atoms with Crippen molar-refractivity contribution < 1.29 is 4.74 Å². The smallest absolute Gasteiger partial charge is 0.118 e. The first-order valence-electron chi connectivity index (χ1n) is 6.64. The Labute approximate surface area is 114 Å². The molecule has 0 aromatic heterocycles. The Bertz CT molecular complexity index is 562. The zero-order valence-electron chi connectivity index (χ0n) is 11.1. The van der Waals surface area contributed by atoms with Gasteiger partial charge in [0.25, 0.3) is 0 Å². The number of methoxy groups -OCH3 is 1. The molecule has 0 spiro atoms. The summed E-state index contributed by atoms with van der Waals surface area (Å²) in [5, 5.41) is 0. The minimum absolute atomic E-state index is 0.320. The van der Waals surface area contributed by atoms with Gasteiger partial charge >= 0.3 is 0 Å². The lowest BCUT2D eigenvalue weighted by molar-refractivity contribution is 0.414. The van der Waals surface area contributed by atoms with E-state index in [0.29, 0.717) is 5.92 Å². The van der Waals surface area contributed by atoms with Crippen molar-refractivity contribution in [1.82, 2.24) is 0 Å². The zero-order valence-corrected chi connectivity index (χ0v) is 11.1. The molecular weight excluding hydrogens is 234 g/mol. The predicted molar refractivity (Wildman–Crippen MR) is 77.0 cm³/mol. The molecule has 0 saturated heterocycles. The van der Waals surface area contributed by atoms with E-state index in [9.17, 15) is 0 Å². The molecule has 1 radical (unpaired) electrons. The third kappa shape index (κ3) is 2.24. The van der Waals surface area contributed by atoms with Crippen LogP contribution in [0.5, 0.6) is 5.75 Å². The lowest BCUT2D eigenvalue weighted by Crippen LogP contribution is -2.26. The fourth-order valence-electron chi connectivity index (χ4n) is 2.85. The van der Waals surface area contributed by atoms with E-state index in [1.165, 1.54) is 16.7 Å². The van der Waals surface area contributed by atoms with E-state index in [4.69, 9.17) is 10.5 Å². The molecule has 0 fully saturated rings. The van der Waals surface area contributed by atoms with Gasteiger partial charge in [0, 0.05) is 5.92 Å². The Morgan fingerprint density at radius 1 is 1.05 bits per heavy atom. The van der Waals surface area contributed by atoms with Gasteiger partial charge in [0.05, 0.1) is 13.2 Å². The van der Waals surface area contributed by atoms with Gasteiger partial charge in [-0.1, -0.05) is 36.4 Å². The summed E-state index contributed by atoms with van der Waals surface area (Å²) in [5.41, 5.74) is 10.2. The molecule has 0 saturated carbocycles. The molecule has 0 unspecified atom stereocenters. The third-order valence-corrected chi connectivity index (χ3v) is 3.92. The van der Waals surface area contributed by atoms with E-state index in [2.05, 4.69) is 36.4 Å². The highest BCUT2D eigenvalue weighted by molar-refractivity contribution is 5.46. The molecule has 19 heavy (non-hydrogen) atoms. The summed E-state index contributed by atoms with van der Waals surface area (Å²) in [5.74, 6) is 1.21. The molecule has 0 bridgehead atoms. The first kappa shape index (κ1) is 12.2. The van der Waals surface area contributed by atoms with Gasteiger partial charge in [0.1, 0.15) is 5.75 Å². The monoisotopic (exact) mass is 252 g/mol. The molecule has 3 rings (SSSR count). The van der Waals surface area contributed by atoms with Crippen LogP contribution in [0.15, 0.2) is 48.5 Å². The van der Waals surface area contributed by atoms with Gasteiger partial charge in [-0.3, -0.25) is 0 Å². The number of ether oxygens (including phenoxy) is 1. The maximum atomic E-state index is 6.38. The molecule has 0 amide bonds. The van der Waals surface area contributed by atoms with E-state index in [1.54, 1.807) is 7.11 Å². The molecule has 1 aliphatic carbocycles. The van der Waals surface area contributed by atoms with Gasteiger partial charge in [-0.05, 0) is 41.7 Å². The predicted octanol–water partition coefficient (Wildman–Crippen LogP) is 3.26. The summed E-state index contributed by atoms with van der Waals surface area (Å²) in [4.78, 5) is 0. The van der Waals surface area contributed by atoms with Crippen molar-refractivity contribution in [2.24, 2.45) is 5.73 Å². The van der Waals surface area contributed by atoms with Crippen molar-refractivity contribution in [2.45, 2.75) is 18.8 Å². The molecule has 1 aliphatic rings. The summed E-state index contributed by atoms with van der Waals surface area (Å²) in [6.07, 6.45) is 2.17. The van der Waals surface area contributed by atoms with E-state index in [0.717, 1.165) is 24.6 Å². The largest absolute Gasteiger partial charge is 0.497 e. The molecule has 2 aromatic rings. The molecule has 2 aromatic carbocycles. The van der Waals surface area contributed by atoms with Crippen LogP contribution in [0.3, 0.4) is 0 Å². The lowest BCUT2D eigenvalue weighted by atomic mass is 9.77. The fraction of sp³-hybridized carbons (Fsp3) is 0.235. The van der Waals surface area contributed by atoms with E-state index in [1.807, 2.05) is 12.1 Å². The fourth-order valence-corrected chi connectivity index (χ4v) is 2.85. The Balaban J connectivity index is 1.90. The summed E-state index contributed by atoms with van der Waals surface area (Å²) in [6, 6.07) is 17.7. The van der Waals surface area contributed by atoms with Crippen molar-refractivity contribution in [3.8, 4) is 5.75 Å². The number of hydrogen-bond donors (Lipinski definition) is 1. The maximum absolute atomic E-state index is 6.38. The molecule has 0 heterocycles. The Morgan fingerprint density at radius 3 is 2.53 bits per heavy atom. The van der Waals surface area contributed by atoms with Gasteiger partial charge < -0.3 is 10.5 Å². The van der Waals surface area contributed by atoms with Gasteiger partial charge in [-0.2, -0.15) is 0 Å². The molecular formula is C17H18NO. The Morgan fingerprint density at radius 2 is 1.79 bits per heavy atom. The van der Waals surface area contributed by atoms with Crippen molar-refractivity contribution in [2.75, 3.05) is 7.11 Å². The quantitative estimate of drug-likeness (QED) is 0.890. The zero-order chi connectivity index (χ0) is 13.2. The molecule has 1 atom stereocenters. The van der Waals surface area contributed by atoms with Crippen LogP contribution in [-0.4, -0.2) is 7.11 Å². The van der Waals surface area contributed by atoms with Crippen LogP contribution in [0.2, 0.25) is 0 Å². The second-order valence-electron chi connectivity index (χ2n) is 4.98. The van der Waals surface area contributed by atoms with Crippen LogP contribution in [0.25, 0.3) is 0 Å². The van der Waals surface area contributed by atoms with Crippen LogP contribution < -0.4 is 10.5 Å². The average Bonchev–Trinajstić information content (AvgIpc) is 2.48. The van der Waals surface area contributed by atoms with Crippen molar-refractivity contribution in [3.05, 3.63) is 71.3 Å². The molecule has 0 aliphatic heterocycles. The highest BCUT2D eigenvalue weighted by Crippen LogP contribution is 2.38. The van der Waals surface area contributed by atoms with Crippen LogP contribution in [-0.2, 0) is 6.42 Å². The molecule has 2 nitrogen and oxygen atoms in total. The van der Waals surface area contributed by atoms with Crippen molar-refractivity contribution in [3.63, 3.8) is 0 Å². The van der Waals surface area contributed by atoms with E-state index >= 15 is 0 Å². The maximum Gasteiger partial charge on any atom is 0.118 e. The Kier molecular flexibility index (Phi) is 3.26. The first-order valence-corrected chi connectivity index (χ1v) is 6.64. The average molecular weight is 252 g/mol. The van der Waals surface area contributed by atoms with Gasteiger partial charge in [-0.25, -0.2) is 0 Å². The number of aryl methyl sites for hydroxylation is 1. The van der Waals surface area contributed by atoms with Crippen LogP contribution in [0.4, 0.5) is 0 Å². The summed E-state index contributed by atoms with van der Waals surface area (Å²) >= 11 is 0. The number of rotatable bonds is 2. The van der Waals surface area contributed by atoms with E-state index < -0.39 is 0 Å². The summed E-state index contributed by atoms with van der Waals surface area (Å²) in [7, 11) is 1.69. The first-order chi connectivity index (χ1) is 9.29. The second-order valence-corrected chi connectivity index (χ2v) is 4.98. The van der Waals surface area contributed by atoms with Crippen LogP contribution in [0.1, 0.15) is 29.0 Å². The van der Waals surface area contributed by atoms with Crippen LogP contribution >= 0.6 is 0 Å². The van der Waals surface area contributed by atoms with Gasteiger partial charge in [0.2, 0.25) is 0 Å². The number of benzene rings is 2. The van der Waals surface area contributed by atoms with Crippen molar-refractivity contribution in [1.29, 1.82) is 0 Å². The van der Waals surface area contributed by atoms with Crippen molar-refractivity contribution >= 4 is 0 Å². The normalized spacial score (nSPS) is 18.9. The van der Waals surface area contributed by atoms with Gasteiger partial charge in [0.15, 0.2) is 0 Å². The van der Waals surface area contributed by atoms with Crippen LogP contribution in [0, 0.1) is 6.04 Å².